The van der Waals surface area contributed by atoms with Crippen molar-refractivity contribution in [1.29, 1.82) is 0 Å². The van der Waals surface area contributed by atoms with Crippen LogP contribution in [0.2, 0.25) is 0 Å². The van der Waals surface area contributed by atoms with Crippen LogP contribution in [0.1, 0.15) is 77.3 Å². The normalized spacial score (nSPS) is 19.4. The molecule has 0 aromatic heterocycles. The second-order valence-electron chi connectivity index (χ2n) is 16.2. The summed E-state index contributed by atoms with van der Waals surface area (Å²) >= 11 is 7.19. The molecule has 0 bridgehead atoms. The van der Waals surface area contributed by atoms with Crippen LogP contribution < -0.4 is 4.90 Å². The first-order chi connectivity index (χ1) is 26.5. The Morgan fingerprint density at radius 2 is 1.32 bits per heavy atom. The Balaban J connectivity index is 1.22. The van der Waals surface area contributed by atoms with Crippen LogP contribution in [0.5, 0.6) is 0 Å². The van der Waals surface area contributed by atoms with Crippen LogP contribution in [-0.2, 0) is 31.1 Å². The SMILES string of the molecule is CC1(C)C(/C=C/C2=C(Cl)C(=C/C=C3/N(CCCCS(=O)(=O)O)c4ccc5ccccc5c4C3(C)C)/CC2)=[N+](CCCCS(=O)(=O)O)c2ccc3ccccc3c21. The number of rotatable bonds is 13. The summed E-state index contributed by atoms with van der Waals surface area (Å²) in [5.74, 6) is -0.529. The van der Waals surface area contributed by atoms with Crippen LogP contribution in [0.25, 0.3) is 21.5 Å². The number of anilines is 1. The molecule has 0 atom stereocenters. The maximum absolute atomic E-state index is 11.5. The van der Waals surface area contributed by atoms with Crippen LogP contribution in [-0.4, -0.2) is 60.8 Å². The summed E-state index contributed by atoms with van der Waals surface area (Å²) in [6.07, 6.45) is 12.1. The van der Waals surface area contributed by atoms with Crippen molar-refractivity contribution in [3.8, 4) is 0 Å². The molecule has 1 aliphatic carbocycles. The summed E-state index contributed by atoms with van der Waals surface area (Å²) < 4.78 is 66.9. The van der Waals surface area contributed by atoms with E-state index in [9.17, 15) is 25.9 Å². The zero-order valence-corrected chi connectivity index (χ0v) is 34.8. The monoisotopic (exact) mass is 813 g/mol. The van der Waals surface area contributed by atoms with Crippen LogP contribution in [0.3, 0.4) is 0 Å². The Morgan fingerprint density at radius 3 is 1.98 bits per heavy atom. The number of allylic oxidation sites excluding steroid dienone is 8. The van der Waals surface area contributed by atoms with Gasteiger partial charge in [0.25, 0.3) is 20.2 Å². The molecule has 7 rings (SSSR count). The van der Waals surface area contributed by atoms with Crippen molar-refractivity contribution in [2.45, 2.75) is 77.0 Å². The molecule has 0 unspecified atom stereocenters. The Kier molecular flexibility index (Phi) is 11.0. The van der Waals surface area contributed by atoms with Crippen molar-refractivity contribution < 1.29 is 30.5 Å². The standard InChI is InChI=1S/C45H49ClN2O6S2/c1-44(2)39(47(27-9-11-29-55(49,50)51)37-23-19-31-13-5-7-15-35(31)41(37)44)25-21-33-17-18-34(43(33)46)22-26-40-45(3,4)42-36-16-8-6-14-32(36)20-24-38(42)48(40)28-10-12-30-56(52,53)54/h5-8,13-16,19-26H,9-12,17-18,27-30H2,1-4H3,(H-,49,50,51,52,53,54)/p+1. The Morgan fingerprint density at radius 1 is 0.714 bits per heavy atom. The summed E-state index contributed by atoms with van der Waals surface area (Å²) in [7, 11) is -8.06. The molecule has 0 saturated carbocycles. The van der Waals surface area contributed by atoms with Gasteiger partial charge in [-0.15, -0.1) is 0 Å². The molecular weight excluding hydrogens is 764 g/mol. The molecule has 4 aromatic rings. The van der Waals surface area contributed by atoms with E-state index in [2.05, 4.69) is 122 Å². The summed E-state index contributed by atoms with van der Waals surface area (Å²) in [5.41, 5.74) is 8.30. The van der Waals surface area contributed by atoms with Crippen molar-refractivity contribution in [3.63, 3.8) is 0 Å². The molecule has 0 saturated heterocycles. The van der Waals surface area contributed by atoms with Crippen molar-refractivity contribution in [2.24, 2.45) is 0 Å². The number of hydrogen-bond acceptors (Lipinski definition) is 5. The van der Waals surface area contributed by atoms with Crippen molar-refractivity contribution in [2.75, 3.05) is 29.5 Å². The molecule has 8 nitrogen and oxygen atoms in total. The number of nitrogens with zero attached hydrogens (tertiary/aromatic N) is 2. The number of hydrogen-bond donors (Lipinski definition) is 2. The third-order valence-corrected chi connectivity index (χ3v) is 13.8. The van der Waals surface area contributed by atoms with E-state index < -0.39 is 20.2 Å². The van der Waals surface area contributed by atoms with E-state index in [0.717, 1.165) is 51.8 Å². The molecule has 0 amide bonds. The lowest BCUT2D eigenvalue weighted by molar-refractivity contribution is -0.438. The van der Waals surface area contributed by atoms with Crippen molar-refractivity contribution >= 4 is 70.5 Å². The minimum absolute atomic E-state index is 0.264. The van der Waals surface area contributed by atoms with Gasteiger partial charge in [-0.2, -0.15) is 21.4 Å². The molecule has 11 heteroatoms. The zero-order chi connectivity index (χ0) is 40.0. The van der Waals surface area contributed by atoms with Gasteiger partial charge in [-0.05, 0) is 102 Å². The smallest absolute Gasteiger partial charge is 0.264 e. The highest BCUT2D eigenvalue weighted by molar-refractivity contribution is 7.86. The van der Waals surface area contributed by atoms with E-state index in [0.29, 0.717) is 38.8 Å². The van der Waals surface area contributed by atoms with E-state index in [4.69, 9.17) is 11.6 Å². The molecular formula is C45H50ClN2O6S2+. The molecule has 0 radical (unpaired) electrons. The third kappa shape index (κ3) is 7.91. The van der Waals surface area contributed by atoms with E-state index in [1.165, 1.54) is 32.7 Å². The van der Waals surface area contributed by atoms with Crippen LogP contribution in [0.15, 0.2) is 119 Å². The first-order valence-corrected chi connectivity index (χ1v) is 22.9. The molecule has 294 valence electrons. The zero-order valence-electron chi connectivity index (χ0n) is 32.4. The molecule has 2 heterocycles. The van der Waals surface area contributed by atoms with Gasteiger partial charge < -0.3 is 4.90 Å². The fraction of sp³-hybridized carbons (Fsp3) is 0.356. The quantitative estimate of drug-likeness (QED) is 0.0785. The summed E-state index contributed by atoms with van der Waals surface area (Å²) in [6.45, 7) is 10.1. The predicted molar refractivity (Wildman–Crippen MR) is 230 cm³/mol. The first-order valence-electron chi connectivity index (χ1n) is 19.3. The minimum Gasteiger partial charge on any atom is -0.344 e. The summed E-state index contributed by atoms with van der Waals surface area (Å²) in [6, 6.07) is 25.4. The largest absolute Gasteiger partial charge is 0.344 e. The van der Waals surface area contributed by atoms with Gasteiger partial charge in [0, 0.05) is 52.5 Å². The Bertz CT molecular complexity index is 2620. The molecule has 3 aliphatic rings. The van der Waals surface area contributed by atoms with Gasteiger partial charge in [0.05, 0.1) is 16.9 Å². The van der Waals surface area contributed by atoms with Gasteiger partial charge in [0.2, 0.25) is 5.69 Å². The molecule has 56 heavy (non-hydrogen) atoms. The average Bonchev–Trinajstić information content (AvgIpc) is 3.68. The average molecular weight is 814 g/mol. The lowest BCUT2D eigenvalue weighted by Gasteiger charge is -2.27. The van der Waals surface area contributed by atoms with Gasteiger partial charge in [0.15, 0.2) is 5.71 Å². The number of unbranched alkanes of at least 4 members (excludes halogenated alkanes) is 2. The van der Waals surface area contributed by atoms with Crippen LogP contribution in [0.4, 0.5) is 11.4 Å². The lowest BCUT2D eigenvalue weighted by atomic mass is 9.79. The van der Waals surface area contributed by atoms with Gasteiger partial charge >= 0.3 is 0 Å². The molecule has 4 aromatic carbocycles. The van der Waals surface area contributed by atoms with E-state index in [-0.39, 0.29) is 22.3 Å². The van der Waals surface area contributed by atoms with Crippen LogP contribution >= 0.6 is 11.6 Å². The maximum Gasteiger partial charge on any atom is 0.264 e. The van der Waals surface area contributed by atoms with E-state index in [1.807, 2.05) is 12.1 Å². The minimum atomic E-state index is -4.03. The van der Waals surface area contributed by atoms with Crippen molar-refractivity contribution in [1.82, 2.24) is 0 Å². The molecule has 0 spiro atoms. The first kappa shape index (κ1) is 40.1. The highest BCUT2D eigenvalue weighted by atomic mass is 35.5. The number of fused-ring (bicyclic) bond motifs is 6. The Hall–Kier alpha value is -4.06. The van der Waals surface area contributed by atoms with Gasteiger partial charge in [0.1, 0.15) is 6.54 Å². The van der Waals surface area contributed by atoms with E-state index in [1.54, 1.807) is 0 Å². The predicted octanol–water partition coefficient (Wildman–Crippen LogP) is 10.2. The Labute approximate surface area is 336 Å². The third-order valence-electron chi connectivity index (χ3n) is 11.7. The molecule has 2 aliphatic heterocycles. The highest BCUT2D eigenvalue weighted by Gasteiger charge is 2.45. The fourth-order valence-electron chi connectivity index (χ4n) is 9.03. The van der Waals surface area contributed by atoms with Gasteiger partial charge in [-0.25, -0.2) is 0 Å². The second kappa shape index (κ2) is 15.4. The van der Waals surface area contributed by atoms with E-state index >= 15 is 0 Å². The fourth-order valence-corrected chi connectivity index (χ4v) is 10.5. The highest BCUT2D eigenvalue weighted by Crippen LogP contribution is 2.51. The second-order valence-corrected chi connectivity index (χ2v) is 19.7. The molecule has 0 fully saturated rings. The number of halogens is 1. The summed E-state index contributed by atoms with van der Waals surface area (Å²) in [5, 5.41) is 5.44. The number of benzene rings is 4. The van der Waals surface area contributed by atoms with Gasteiger partial charge in [-0.3, -0.25) is 9.11 Å². The lowest BCUT2D eigenvalue weighted by Crippen LogP contribution is -2.28. The van der Waals surface area contributed by atoms with Crippen molar-refractivity contribution in [3.05, 3.63) is 130 Å². The summed E-state index contributed by atoms with van der Waals surface area (Å²) in [4.78, 5) is 2.29. The van der Waals surface area contributed by atoms with Gasteiger partial charge in [-0.1, -0.05) is 92.2 Å². The maximum atomic E-state index is 11.5. The molecule has 2 N–H and O–H groups in total. The topological polar surface area (TPSA) is 115 Å². The van der Waals surface area contributed by atoms with Crippen LogP contribution in [0, 0.1) is 0 Å².